The summed E-state index contributed by atoms with van der Waals surface area (Å²) in [7, 11) is 0. The topological polar surface area (TPSA) is 46.9 Å². The largest absolute Gasteiger partial charge is 0.349 e. The van der Waals surface area contributed by atoms with E-state index in [4.69, 9.17) is 0 Å². The maximum absolute atomic E-state index is 13.0. The van der Waals surface area contributed by atoms with Crippen molar-refractivity contribution < 1.29 is 9.18 Å². The summed E-state index contributed by atoms with van der Waals surface area (Å²) in [4.78, 5) is 12.0. The number of nitrogens with zero attached hydrogens (tertiary/aromatic N) is 2. The van der Waals surface area contributed by atoms with Gasteiger partial charge in [0.25, 0.3) is 0 Å². The van der Waals surface area contributed by atoms with E-state index in [1.807, 2.05) is 13.8 Å². The van der Waals surface area contributed by atoms with Crippen LogP contribution in [0.4, 0.5) is 4.39 Å². The molecule has 1 atom stereocenters. The number of rotatable bonds is 6. The molecule has 0 saturated carbocycles. The van der Waals surface area contributed by atoms with E-state index in [-0.39, 0.29) is 17.8 Å². The molecule has 1 amide bonds. The third-order valence-electron chi connectivity index (χ3n) is 3.91. The molecule has 2 aromatic rings. The van der Waals surface area contributed by atoms with Crippen molar-refractivity contribution in [3.05, 3.63) is 47.5 Å². The molecule has 0 aliphatic carbocycles. The molecule has 0 radical (unpaired) electrons. The molecule has 0 spiro atoms. The fraction of sp³-hybridized carbons (Fsp3) is 0.444. The van der Waals surface area contributed by atoms with E-state index in [9.17, 15) is 9.18 Å². The van der Waals surface area contributed by atoms with Gasteiger partial charge >= 0.3 is 0 Å². The fourth-order valence-corrected chi connectivity index (χ4v) is 2.50. The van der Waals surface area contributed by atoms with Gasteiger partial charge in [0.15, 0.2) is 0 Å². The van der Waals surface area contributed by atoms with Gasteiger partial charge in [-0.25, -0.2) is 9.07 Å². The molecule has 0 aliphatic rings. The number of amides is 1. The lowest BCUT2D eigenvalue weighted by Gasteiger charge is -2.14. The normalized spacial score (nSPS) is 12.4. The summed E-state index contributed by atoms with van der Waals surface area (Å²) < 4.78 is 14.8. The summed E-state index contributed by atoms with van der Waals surface area (Å²) in [6.07, 6.45) is 3.17. The standard InChI is InChI=1S/C18H24FN3O/c1-12(2)5-10-18(23)21-13(3)17-11-20-22(14(17)4)16-8-6-15(19)7-9-16/h6-9,11-13H,5,10H2,1-4H3,(H,21,23). The average Bonchev–Trinajstić information content (AvgIpc) is 2.88. The van der Waals surface area contributed by atoms with Crippen LogP contribution in [-0.2, 0) is 4.79 Å². The van der Waals surface area contributed by atoms with Crippen LogP contribution in [0.5, 0.6) is 0 Å². The Labute approximate surface area is 136 Å². The maximum Gasteiger partial charge on any atom is 0.220 e. The molecule has 0 saturated heterocycles. The van der Waals surface area contributed by atoms with Crippen LogP contribution in [0.15, 0.2) is 30.5 Å². The highest BCUT2D eigenvalue weighted by atomic mass is 19.1. The molecular weight excluding hydrogens is 293 g/mol. The van der Waals surface area contributed by atoms with Crippen LogP contribution in [0.25, 0.3) is 5.69 Å². The van der Waals surface area contributed by atoms with Crippen LogP contribution in [0.3, 0.4) is 0 Å². The Morgan fingerprint density at radius 2 is 1.91 bits per heavy atom. The minimum absolute atomic E-state index is 0.0557. The molecule has 124 valence electrons. The number of nitrogens with one attached hydrogen (secondary N) is 1. The number of hydrogen-bond donors (Lipinski definition) is 1. The van der Waals surface area contributed by atoms with Crippen molar-refractivity contribution in [3.8, 4) is 5.69 Å². The molecule has 1 heterocycles. The summed E-state index contributed by atoms with van der Waals surface area (Å²) in [5.74, 6) is 0.295. The number of benzene rings is 1. The summed E-state index contributed by atoms with van der Waals surface area (Å²) in [5.41, 5.74) is 2.70. The summed E-state index contributed by atoms with van der Waals surface area (Å²) >= 11 is 0. The molecule has 1 N–H and O–H groups in total. The van der Waals surface area contributed by atoms with Crippen molar-refractivity contribution in [2.45, 2.75) is 46.6 Å². The van der Waals surface area contributed by atoms with Gasteiger partial charge in [0.2, 0.25) is 5.91 Å². The summed E-state index contributed by atoms with van der Waals surface area (Å²) in [6.45, 7) is 8.11. The minimum atomic E-state index is -0.274. The fourth-order valence-electron chi connectivity index (χ4n) is 2.50. The Hall–Kier alpha value is -2.17. The molecule has 0 aliphatic heterocycles. The van der Waals surface area contributed by atoms with Gasteiger partial charge in [-0.05, 0) is 50.5 Å². The predicted octanol–water partition coefficient (Wildman–Crippen LogP) is 3.93. The van der Waals surface area contributed by atoms with Gasteiger partial charge in [-0.15, -0.1) is 0 Å². The molecule has 2 rings (SSSR count). The zero-order chi connectivity index (χ0) is 17.0. The summed E-state index contributed by atoms with van der Waals surface area (Å²) in [5, 5.41) is 7.38. The van der Waals surface area contributed by atoms with Crippen LogP contribution >= 0.6 is 0 Å². The van der Waals surface area contributed by atoms with Gasteiger partial charge in [-0.1, -0.05) is 13.8 Å². The smallest absolute Gasteiger partial charge is 0.220 e. The van der Waals surface area contributed by atoms with E-state index in [0.29, 0.717) is 12.3 Å². The zero-order valence-electron chi connectivity index (χ0n) is 14.1. The SMILES string of the molecule is Cc1c(C(C)NC(=O)CCC(C)C)cnn1-c1ccc(F)cc1. The molecule has 1 aromatic carbocycles. The minimum Gasteiger partial charge on any atom is -0.349 e. The molecule has 4 nitrogen and oxygen atoms in total. The van der Waals surface area contributed by atoms with E-state index < -0.39 is 0 Å². The van der Waals surface area contributed by atoms with Crippen molar-refractivity contribution in [2.75, 3.05) is 0 Å². The van der Waals surface area contributed by atoms with Gasteiger partial charge in [0.05, 0.1) is 17.9 Å². The van der Waals surface area contributed by atoms with E-state index >= 15 is 0 Å². The monoisotopic (exact) mass is 317 g/mol. The highest BCUT2D eigenvalue weighted by molar-refractivity contribution is 5.76. The van der Waals surface area contributed by atoms with E-state index in [2.05, 4.69) is 24.3 Å². The lowest BCUT2D eigenvalue weighted by atomic mass is 10.1. The first-order valence-electron chi connectivity index (χ1n) is 7.98. The van der Waals surface area contributed by atoms with Crippen molar-refractivity contribution in [1.29, 1.82) is 0 Å². The van der Waals surface area contributed by atoms with E-state index in [1.54, 1.807) is 23.0 Å². The van der Waals surface area contributed by atoms with Crippen LogP contribution in [-0.4, -0.2) is 15.7 Å². The van der Waals surface area contributed by atoms with Crippen molar-refractivity contribution in [1.82, 2.24) is 15.1 Å². The van der Waals surface area contributed by atoms with E-state index in [1.165, 1.54) is 12.1 Å². The van der Waals surface area contributed by atoms with Crippen molar-refractivity contribution >= 4 is 5.91 Å². The Morgan fingerprint density at radius 3 is 2.52 bits per heavy atom. The zero-order valence-corrected chi connectivity index (χ0v) is 14.1. The first-order valence-corrected chi connectivity index (χ1v) is 7.98. The highest BCUT2D eigenvalue weighted by Gasteiger charge is 2.16. The number of carbonyl (C=O) groups is 1. The van der Waals surface area contributed by atoms with Gasteiger partial charge in [0.1, 0.15) is 5.82 Å². The Morgan fingerprint density at radius 1 is 1.26 bits per heavy atom. The van der Waals surface area contributed by atoms with Crippen LogP contribution in [0.2, 0.25) is 0 Å². The molecule has 5 heteroatoms. The number of carbonyl (C=O) groups excluding carboxylic acids is 1. The van der Waals surface area contributed by atoms with Gasteiger partial charge in [0, 0.05) is 17.7 Å². The van der Waals surface area contributed by atoms with Crippen LogP contribution < -0.4 is 5.32 Å². The molecule has 0 bridgehead atoms. The average molecular weight is 317 g/mol. The van der Waals surface area contributed by atoms with Gasteiger partial charge in [-0.2, -0.15) is 5.10 Å². The second kappa shape index (κ2) is 7.40. The Bertz CT molecular complexity index is 661. The first kappa shape index (κ1) is 17.2. The third-order valence-corrected chi connectivity index (χ3v) is 3.91. The third kappa shape index (κ3) is 4.41. The number of aromatic nitrogens is 2. The predicted molar refractivity (Wildman–Crippen MR) is 88.9 cm³/mol. The molecule has 0 fully saturated rings. The second-order valence-electron chi connectivity index (χ2n) is 6.30. The molecular formula is C18H24FN3O. The summed E-state index contributed by atoms with van der Waals surface area (Å²) in [6, 6.07) is 6.08. The highest BCUT2D eigenvalue weighted by Crippen LogP contribution is 2.20. The lowest BCUT2D eigenvalue weighted by molar-refractivity contribution is -0.122. The van der Waals surface area contributed by atoms with Crippen molar-refractivity contribution in [3.63, 3.8) is 0 Å². The Balaban J connectivity index is 2.09. The lowest BCUT2D eigenvalue weighted by Crippen LogP contribution is -2.27. The van der Waals surface area contributed by atoms with Crippen LogP contribution in [0.1, 0.15) is 50.9 Å². The Kier molecular flexibility index (Phi) is 5.53. The number of halogens is 1. The van der Waals surface area contributed by atoms with Crippen molar-refractivity contribution in [2.24, 2.45) is 5.92 Å². The van der Waals surface area contributed by atoms with Crippen LogP contribution in [0, 0.1) is 18.7 Å². The molecule has 23 heavy (non-hydrogen) atoms. The molecule has 1 unspecified atom stereocenters. The number of hydrogen-bond acceptors (Lipinski definition) is 2. The van der Waals surface area contributed by atoms with Gasteiger partial charge in [-0.3, -0.25) is 4.79 Å². The quantitative estimate of drug-likeness (QED) is 0.877. The second-order valence-corrected chi connectivity index (χ2v) is 6.30. The molecule has 1 aromatic heterocycles. The van der Waals surface area contributed by atoms with Gasteiger partial charge < -0.3 is 5.32 Å². The van der Waals surface area contributed by atoms with E-state index in [0.717, 1.165) is 23.4 Å². The maximum atomic E-state index is 13.0. The first-order chi connectivity index (χ1) is 10.9.